The normalized spacial score (nSPS) is 5.33. The summed E-state index contributed by atoms with van der Waals surface area (Å²) in [6, 6.07) is -1.18. The van der Waals surface area contributed by atoms with Crippen LogP contribution in [0.25, 0.3) is 0 Å². The van der Waals surface area contributed by atoms with Crippen molar-refractivity contribution in [3.63, 3.8) is 0 Å². The Balaban J connectivity index is 0. The Kier molecular flexibility index (Phi) is 6.16. The first-order valence-corrected chi connectivity index (χ1v) is 0.899. The molecule has 0 saturated carbocycles. The Bertz CT molecular complexity index is 62.6. The van der Waals surface area contributed by atoms with E-state index in [4.69, 9.17) is 9.70 Å². The van der Waals surface area contributed by atoms with Crippen LogP contribution in [0.2, 0.25) is 0 Å². The second-order valence-corrected chi connectivity index (χ2v) is 0.430. The number of carbonyl (C=O) groups excluding carboxylic acids is 1. The van der Waals surface area contributed by atoms with Gasteiger partial charge >= 0.3 is 6.03 Å². The van der Waals surface area contributed by atoms with Crippen molar-refractivity contribution in [2.45, 2.75) is 0 Å². The smallest absolute Gasteiger partial charge is 0.347 e. The van der Waals surface area contributed by atoms with E-state index in [0.717, 1.165) is 0 Å². The predicted molar refractivity (Wildman–Crippen MR) is 21.1 cm³/mol. The minimum Gasteiger partial charge on any atom is -0.347 e. The zero-order chi connectivity index (χ0) is 4.28. The summed E-state index contributed by atoms with van der Waals surface area (Å²) in [6.07, 6.45) is 0. The SMILES string of the molecule is NC(=O)N=O.[B]. The van der Waals surface area contributed by atoms with E-state index in [1.807, 2.05) is 0 Å². The molecule has 2 amide bonds. The van der Waals surface area contributed by atoms with E-state index in [-0.39, 0.29) is 8.41 Å². The van der Waals surface area contributed by atoms with Crippen molar-refractivity contribution in [3.8, 4) is 0 Å². The molecule has 2 N–H and O–H groups in total. The van der Waals surface area contributed by atoms with Crippen LogP contribution in [0.5, 0.6) is 0 Å². The van der Waals surface area contributed by atoms with Crippen LogP contribution in [-0.4, -0.2) is 14.4 Å². The number of urea groups is 1. The fourth-order valence-corrected chi connectivity index (χ4v) is 0. The third-order valence-corrected chi connectivity index (χ3v) is 0.0900. The molecule has 3 radical (unpaired) electrons. The number of carbonyl (C=O) groups is 1. The fourth-order valence-electron chi connectivity index (χ4n) is 0. The van der Waals surface area contributed by atoms with Crippen molar-refractivity contribution in [1.82, 2.24) is 0 Å². The first-order chi connectivity index (χ1) is 2.27. The molecule has 31 valence electrons. The maximum absolute atomic E-state index is 9.11. The molecule has 0 atom stereocenters. The second-order valence-electron chi connectivity index (χ2n) is 0.430. The van der Waals surface area contributed by atoms with E-state index >= 15 is 0 Å². The minimum absolute atomic E-state index is 0. The van der Waals surface area contributed by atoms with Crippen LogP contribution in [0, 0.1) is 4.91 Å². The first-order valence-electron chi connectivity index (χ1n) is 0.899. The van der Waals surface area contributed by atoms with Gasteiger partial charge in [0, 0.05) is 13.6 Å². The van der Waals surface area contributed by atoms with Crippen LogP contribution in [0.15, 0.2) is 5.18 Å². The summed E-state index contributed by atoms with van der Waals surface area (Å²) in [5.41, 5.74) is 4.17. The summed E-state index contributed by atoms with van der Waals surface area (Å²) in [5, 5.41) is 1.78. The molecule has 0 spiro atoms. The Labute approximate surface area is 36.3 Å². The third kappa shape index (κ3) is 11.1. The highest BCUT2D eigenvalue weighted by Crippen LogP contribution is 1.55. The molecule has 0 rings (SSSR count). The fraction of sp³-hybridized carbons (Fsp3) is 0. The number of hydrogen-bond acceptors (Lipinski definition) is 2. The molecule has 0 saturated heterocycles. The molecule has 0 bridgehead atoms. The van der Waals surface area contributed by atoms with Gasteiger partial charge in [-0.1, -0.05) is 0 Å². The number of primary amides is 1. The summed E-state index contributed by atoms with van der Waals surface area (Å²) in [5.74, 6) is 0. The Morgan fingerprint density at radius 2 is 1.83 bits per heavy atom. The molecule has 0 fully saturated rings. The molecule has 0 unspecified atom stereocenters. The predicted octanol–water partition coefficient (Wildman–Crippen LogP) is -0.549. The van der Waals surface area contributed by atoms with E-state index in [2.05, 4.69) is 5.73 Å². The van der Waals surface area contributed by atoms with Gasteiger partial charge in [0.1, 0.15) is 0 Å². The largest absolute Gasteiger partial charge is 0.376 e. The van der Waals surface area contributed by atoms with Gasteiger partial charge in [0.25, 0.3) is 0 Å². The Morgan fingerprint density at radius 3 is 1.83 bits per heavy atom. The number of rotatable bonds is 0. The van der Waals surface area contributed by atoms with E-state index in [1.54, 1.807) is 5.18 Å². The monoisotopic (exact) mass is 85.0 g/mol. The van der Waals surface area contributed by atoms with Crippen LogP contribution in [0.3, 0.4) is 0 Å². The van der Waals surface area contributed by atoms with E-state index in [0.29, 0.717) is 0 Å². The van der Waals surface area contributed by atoms with Gasteiger partial charge in [0.2, 0.25) is 0 Å². The third-order valence-electron chi connectivity index (χ3n) is 0.0900. The van der Waals surface area contributed by atoms with E-state index in [1.165, 1.54) is 0 Å². The molecule has 0 heterocycles. The van der Waals surface area contributed by atoms with E-state index in [9.17, 15) is 0 Å². The average Bonchev–Trinajstić information content (AvgIpc) is 1.38. The van der Waals surface area contributed by atoms with Crippen molar-refractivity contribution in [2.24, 2.45) is 10.9 Å². The van der Waals surface area contributed by atoms with Gasteiger partial charge in [0.05, 0.1) is 0 Å². The maximum Gasteiger partial charge on any atom is 0.376 e. The van der Waals surface area contributed by atoms with E-state index < -0.39 is 6.03 Å². The van der Waals surface area contributed by atoms with Gasteiger partial charge in [-0.05, 0) is 0 Å². The molecular formula is CH2BN2O2. The summed E-state index contributed by atoms with van der Waals surface area (Å²) in [6.45, 7) is 0. The summed E-state index contributed by atoms with van der Waals surface area (Å²) >= 11 is 0. The average molecular weight is 84.9 g/mol. The van der Waals surface area contributed by atoms with Crippen LogP contribution < -0.4 is 5.73 Å². The van der Waals surface area contributed by atoms with Gasteiger partial charge in [-0.3, -0.25) is 0 Å². The van der Waals surface area contributed by atoms with Crippen LogP contribution in [-0.2, 0) is 0 Å². The van der Waals surface area contributed by atoms with Crippen LogP contribution >= 0.6 is 0 Å². The van der Waals surface area contributed by atoms with Crippen molar-refractivity contribution in [2.75, 3.05) is 0 Å². The van der Waals surface area contributed by atoms with Crippen LogP contribution in [0.1, 0.15) is 0 Å². The summed E-state index contributed by atoms with van der Waals surface area (Å²) in [4.78, 5) is 17.9. The number of amides is 2. The molecule has 5 heteroatoms. The highest BCUT2D eigenvalue weighted by Gasteiger charge is 1.77. The van der Waals surface area contributed by atoms with Gasteiger partial charge < -0.3 is 5.73 Å². The standard InChI is InChI=1S/CH2N2O2.B/c2-1(4)3-5;/h(H2,2,4);. The maximum atomic E-state index is 9.11. The topological polar surface area (TPSA) is 72.5 Å². The molecule has 4 nitrogen and oxygen atoms in total. The molecule has 6 heavy (non-hydrogen) atoms. The van der Waals surface area contributed by atoms with Gasteiger partial charge in [0.15, 0.2) is 0 Å². The zero-order valence-electron chi connectivity index (χ0n) is 2.92. The van der Waals surface area contributed by atoms with Gasteiger partial charge in [-0.25, -0.2) is 4.79 Å². The highest BCUT2D eigenvalue weighted by atomic mass is 16.3. The summed E-state index contributed by atoms with van der Waals surface area (Å²) in [7, 11) is 0. The minimum atomic E-state index is -1.18. The second kappa shape index (κ2) is 4.13. The first kappa shape index (κ1) is 8.93. The zero-order valence-corrected chi connectivity index (χ0v) is 2.92. The van der Waals surface area contributed by atoms with Crippen molar-refractivity contribution in [1.29, 1.82) is 0 Å². The number of nitrogens with zero attached hydrogens (tertiary/aromatic N) is 1. The number of hydrogen-bond donors (Lipinski definition) is 1. The molecular weight excluding hydrogens is 82.8 g/mol. The molecule has 0 aliphatic carbocycles. The van der Waals surface area contributed by atoms with Gasteiger partial charge in [-0.2, -0.15) is 0 Å². The van der Waals surface area contributed by atoms with Crippen molar-refractivity contribution in [3.05, 3.63) is 4.91 Å². The molecule has 0 aliphatic rings. The molecule has 0 aromatic rings. The van der Waals surface area contributed by atoms with Gasteiger partial charge in [-0.15, -0.1) is 4.91 Å². The lowest BCUT2D eigenvalue weighted by atomic mass is 10.8. The van der Waals surface area contributed by atoms with Crippen molar-refractivity contribution < 1.29 is 4.79 Å². The molecule has 0 aromatic carbocycles. The quantitative estimate of drug-likeness (QED) is 0.316. The summed E-state index contributed by atoms with van der Waals surface area (Å²) < 4.78 is 0. The lowest BCUT2D eigenvalue weighted by Crippen LogP contribution is -2.01. The number of nitrogens with two attached hydrogens (primary N) is 1. The van der Waals surface area contributed by atoms with Crippen LogP contribution in [0.4, 0.5) is 4.79 Å². The lowest BCUT2D eigenvalue weighted by molar-refractivity contribution is 0.256. The Morgan fingerprint density at radius 1 is 1.67 bits per heavy atom. The molecule has 0 aliphatic heterocycles. The Hall–Kier alpha value is -0.865. The lowest BCUT2D eigenvalue weighted by Gasteiger charge is -1.59. The van der Waals surface area contributed by atoms with Crippen molar-refractivity contribution >= 4 is 14.4 Å². The highest BCUT2D eigenvalue weighted by molar-refractivity contribution is 5.75. The number of nitroso groups, excluding NO2 is 1. The molecule has 0 aromatic heterocycles.